The second-order valence-electron chi connectivity index (χ2n) is 6.83. The van der Waals surface area contributed by atoms with Crippen LogP contribution in [0.5, 0.6) is 0 Å². The van der Waals surface area contributed by atoms with Gasteiger partial charge in [0.05, 0.1) is 5.41 Å². The van der Waals surface area contributed by atoms with Gasteiger partial charge in [-0.2, -0.15) is 0 Å². The fourth-order valence-electron chi connectivity index (χ4n) is 4.15. The SMILES string of the molecule is CCc1nc2cc(NC(=O)[C@@]34CCCC[C@H]3CNC4)ccc2o1.Cl. The highest BCUT2D eigenvalue weighted by Crippen LogP contribution is 2.44. The van der Waals surface area contributed by atoms with Crippen LogP contribution in [0.3, 0.4) is 0 Å². The molecule has 1 amide bonds. The molecular formula is C18H24ClN3O2. The summed E-state index contributed by atoms with van der Waals surface area (Å²) in [6.07, 6.45) is 5.30. The molecule has 2 atom stereocenters. The average Bonchev–Trinajstić information content (AvgIpc) is 3.18. The summed E-state index contributed by atoms with van der Waals surface area (Å²) in [4.78, 5) is 17.4. The van der Waals surface area contributed by atoms with Crippen molar-refractivity contribution in [2.24, 2.45) is 11.3 Å². The largest absolute Gasteiger partial charge is 0.441 e. The Hall–Kier alpha value is -1.59. The number of aryl methyl sites for hydroxylation is 1. The van der Waals surface area contributed by atoms with Gasteiger partial charge in [-0.25, -0.2) is 4.98 Å². The third-order valence-corrected chi connectivity index (χ3v) is 5.48. The highest BCUT2D eigenvalue weighted by Gasteiger charge is 2.49. The maximum Gasteiger partial charge on any atom is 0.232 e. The van der Waals surface area contributed by atoms with Gasteiger partial charge in [-0.15, -0.1) is 12.4 Å². The molecule has 0 bridgehead atoms. The molecule has 6 heteroatoms. The number of rotatable bonds is 3. The molecule has 2 heterocycles. The van der Waals surface area contributed by atoms with Gasteiger partial charge in [-0.1, -0.05) is 19.8 Å². The summed E-state index contributed by atoms with van der Waals surface area (Å²) < 4.78 is 5.63. The molecule has 0 unspecified atom stereocenters. The van der Waals surface area contributed by atoms with Crippen molar-refractivity contribution in [3.8, 4) is 0 Å². The van der Waals surface area contributed by atoms with Gasteiger partial charge < -0.3 is 15.1 Å². The summed E-state index contributed by atoms with van der Waals surface area (Å²) in [6.45, 7) is 3.79. The number of amides is 1. The zero-order valence-electron chi connectivity index (χ0n) is 13.9. The van der Waals surface area contributed by atoms with E-state index in [1.165, 1.54) is 6.42 Å². The van der Waals surface area contributed by atoms with E-state index in [9.17, 15) is 4.79 Å². The van der Waals surface area contributed by atoms with Crippen molar-refractivity contribution in [2.45, 2.75) is 39.0 Å². The number of oxazole rings is 1. The van der Waals surface area contributed by atoms with Gasteiger partial charge in [0.1, 0.15) is 5.52 Å². The molecule has 1 aromatic heterocycles. The number of hydrogen-bond acceptors (Lipinski definition) is 4. The highest BCUT2D eigenvalue weighted by molar-refractivity contribution is 5.97. The van der Waals surface area contributed by atoms with Crippen LogP contribution in [0.1, 0.15) is 38.5 Å². The second kappa shape index (κ2) is 6.73. The topological polar surface area (TPSA) is 67.2 Å². The van der Waals surface area contributed by atoms with Crippen molar-refractivity contribution in [1.82, 2.24) is 10.3 Å². The number of anilines is 1. The average molecular weight is 350 g/mol. The van der Waals surface area contributed by atoms with E-state index in [1.807, 2.05) is 25.1 Å². The first-order valence-electron chi connectivity index (χ1n) is 8.63. The van der Waals surface area contributed by atoms with Crippen LogP contribution in [0, 0.1) is 11.3 Å². The minimum atomic E-state index is -0.231. The van der Waals surface area contributed by atoms with Crippen LogP contribution in [0.15, 0.2) is 22.6 Å². The van der Waals surface area contributed by atoms with Crippen LogP contribution >= 0.6 is 12.4 Å². The highest BCUT2D eigenvalue weighted by atomic mass is 35.5. The molecule has 1 aromatic carbocycles. The minimum absolute atomic E-state index is 0. The number of halogens is 1. The number of fused-ring (bicyclic) bond motifs is 2. The molecule has 1 aliphatic carbocycles. The van der Waals surface area contributed by atoms with Crippen molar-refractivity contribution in [3.63, 3.8) is 0 Å². The predicted molar refractivity (Wildman–Crippen MR) is 96.5 cm³/mol. The van der Waals surface area contributed by atoms with E-state index in [0.29, 0.717) is 5.92 Å². The van der Waals surface area contributed by atoms with E-state index >= 15 is 0 Å². The smallest absolute Gasteiger partial charge is 0.232 e. The van der Waals surface area contributed by atoms with Crippen LogP contribution in [-0.2, 0) is 11.2 Å². The first kappa shape index (κ1) is 17.2. The van der Waals surface area contributed by atoms with Gasteiger partial charge in [-0.3, -0.25) is 4.79 Å². The molecule has 1 aliphatic heterocycles. The summed E-state index contributed by atoms with van der Waals surface area (Å²) in [5.74, 6) is 1.36. The number of hydrogen-bond donors (Lipinski definition) is 2. The number of carbonyl (C=O) groups is 1. The van der Waals surface area contributed by atoms with E-state index in [2.05, 4.69) is 15.6 Å². The Kier molecular flexibility index (Phi) is 4.83. The zero-order valence-corrected chi connectivity index (χ0v) is 14.7. The lowest BCUT2D eigenvalue weighted by atomic mass is 9.67. The normalized spacial score (nSPS) is 26.0. The molecule has 0 radical (unpaired) electrons. The zero-order chi connectivity index (χ0) is 15.9. The molecule has 24 heavy (non-hydrogen) atoms. The van der Waals surface area contributed by atoms with Crippen LogP contribution in [0.25, 0.3) is 11.1 Å². The number of nitrogens with one attached hydrogen (secondary N) is 2. The van der Waals surface area contributed by atoms with E-state index in [-0.39, 0.29) is 23.7 Å². The Morgan fingerprint density at radius 2 is 2.33 bits per heavy atom. The van der Waals surface area contributed by atoms with Crippen molar-refractivity contribution in [2.75, 3.05) is 18.4 Å². The molecule has 2 aromatic rings. The molecule has 5 nitrogen and oxygen atoms in total. The third kappa shape index (κ3) is 2.80. The number of nitrogens with zero attached hydrogens (tertiary/aromatic N) is 1. The lowest BCUT2D eigenvalue weighted by Gasteiger charge is -2.37. The molecule has 2 N–H and O–H groups in total. The summed E-state index contributed by atoms with van der Waals surface area (Å²) >= 11 is 0. The number of carbonyl (C=O) groups excluding carboxylic acids is 1. The lowest BCUT2D eigenvalue weighted by molar-refractivity contribution is -0.128. The van der Waals surface area contributed by atoms with Gasteiger partial charge in [0.15, 0.2) is 11.5 Å². The molecule has 2 fully saturated rings. The molecular weight excluding hydrogens is 326 g/mol. The van der Waals surface area contributed by atoms with Gasteiger partial charge >= 0.3 is 0 Å². The maximum atomic E-state index is 13.0. The summed E-state index contributed by atoms with van der Waals surface area (Å²) in [5, 5.41) is 6.56. The van der Waals surface area contributed by atoms with Crippen LogP contribution in [-0.4, -0.2) is 24.0 Å². The van der Waals surface area contributed by atoms with E-state index in [4.69, 9.17) is 4.42 Å². The standard InChI is InChI=1S/C18H23N3O2.ClH/c1-2-16-21-14-9-13(6-7-15(14)23-16)20-17(22)18-8-4-3-5-12(18)10-19-11-18;/h6-7,9,12,19H,2-5,8,10-11H2,1H3,(H,20,22);1H/t12-,18+;/m0./s1. The minimum Gasteiger partial charge on any atom is -0.441 e. The van der Waals surface area contributed by atoms with Crippen molar-refractivity contribution < 1.29 is 9.21 Å². The van der Waals surface area contributed by atoms with Crippen LogP contribution < -0.4 is 10.6 Å². The van der Waals surface area contributed by atoms with Crippen molar-refractivity contribution >= 4 is 35.1 Å². The van der Waals surface area contributed by atoms with Crippen LogP contribution in [0.4, 0.5) is 5.69 Å². The first-order valence-corrected chi connectivity index (χ1v) is 8.63. The molecule has 1 saturated carbocycles. The fourth-order valence-corrected chi connectivity index (χ4v) is 4.15. The summed E-state index contributed by atoms with van der Waals surface area (Å²) in [6, 6.07) is 5.70. The fraction of sp³-hybridized carbons (Fsp3) is 0.556. The Balaban J connectivity index is 0.00000169. The van der Waals surface area contributed by atoms with E-state index < -0.39 is 0 Å². The van der Waals surface area contributed by atoms with Gasteiger partial charge in [-0.05, 0) is 43.5 Å². The molecule has 4 rings (SSSR count). The summed E-state index contributed by atoms with van der Waals surface area (Å²) in [7, 11) is 0. The lowest BCUT2D eigenvalue weighted by Crippen LogP contribution is -2.44. The molecule has 2 aliphatic rings. The van der Waals surface area contributed by atoms with Crippen LogP contribution in [0.2, 0.25) is 0 Å². The number of aromatic nitrogens is 1. The molecule has 0 spiro atoms. The second-order valence-corrected chi connectivity index (χ2v) is 6.83. The summed E-state index contributed by atoms with van der Waals surface area (Å²) in [5.41, 5.74) is 2.16. The first-order chi connectivity index (χ1) is 11.2. The Morgan fingerprint density at radius 3 is 3.17 bits per heavy atom. The molecule has 1 saturated heterocycles. The Morgan fingerprint density at radius 1 is 1.46 bits per heavy atom. The maximum absolute atomic E-state index is 13.0. The van der Waals surface area contributed by atoms with Crippen molar-refractivity contribution in [1.29, 1.82) is 0 Å². The van der Waals surface area contributed by atoms with E-state index in [0.717, 1.165) is 61.5 Å². The number of benzene rings is 1. The monoisotopic (exact) mass is 349 g/mol. The Labute approximate surface area is 148 Å². The third-order valence-electron chi connectivity index (χ3n) is 5.48. The van der Waals surface area contributed by atoms with E-state index in [1.54, 1.807) is 0 Å². The van der Waals surface area contributed by atoms with Crippen molar-refractivity contribution in [3.05, 3.63) is 24.1 Å². The predicted octanol–water partition coefficient (Wildman–Crippen LogP) is 3.53. The quantitative estimate of drug-likeness (QED) is 0.889. The Bertz CT molecular complexity index is 745. The molecule has 130 valence electrons. The van der Waals surface area contributed by atoms with Gasteiger partial charge in [0.25, 0.3) is 0 Å². The van der Waals surface area contributed by atoms with Gasteiger partial charge in [0.2, 0.25) is 5.91 Å². The van der Waals surface area contributed by atoms with Gasteiger partial charge in [0, 0.05) is 18.7 Å².